The number of aromatic nitrogens is 2. The van der Waals surface area contributed by atoms with Gasteiger partial charge in [-0.25, -0.2) is 0 Å². The summed E-state index contributed by atoms with van der Waals surface area (Å²) in [4.78, 5) is 18.8. The summed E-state index contributed by atoms with van der Waals surface area (Å²) in [5.41, 5.74) is 3.32. The average Bonchev–Trinajstić information content (AvgIpc) is 2.61. The zero-order valence-electron chi connectivity index (χ0n) is 8.74. The number of rotatable bonds is 2. The topological polar surface area (TPSA) is 45.8 Å². The highest BCUT2D eigenvalue weighted by Gasteiger charge is 2.14. The SMILES string of the molecule is CC(=O)c1c(-c2ccccn2)c[nH]c1C. The van der Waals surface area contributed by atoms with Crippen LogP contribution in [-0.4, -0.2) is 15.8 Å². The lowest BCUT2D eigenvalue weighted by Gasteiger charge is -2.00. The fourth-order valence-corrected chi connectivity index (χ4v) is 1.70. The summed E-state index contributed by atoms with van der Waals surface area (Å²) in [6.45, 7) is 3.46. The summed E-state index contributed by atoms with van der Waals surface area (Å²) in [6.07, 6.45) is 3.55. The summed E-state index contributed by atoms with van der Waals surface area (Å²) in [7, 11) is 0. The van der Waals surface area contributed by atoms with Crippen molar-refractivity contribution in [2.24, 2.45) is 0 Å². The van der Waals surface area contributed by atoms with Gasteiger partial charge in [-0.3, -0.25) is 9.78 Å². The van der Waals surface area contributed by atoms with Crippen LogP contribution in [-0.2, 0) is 0 Å². The molecular formula is C12H12N2O. The van der Waals surface area contributed by atoms with Gasteiger partial charge < -0.3 is 4.98 Å². The van der Waals surface area contributed by atoms with Crippen molar-refractivity contribution in [1.82, 2.24) is 9.97 Å². The van der Waals surface area contributed by atoms with Crippen LogP contribution in [0.15, 0.2) is 30.6 Å². The molecule has 2 aromatic rings. The molecule has 0 radical (unpaired) electrons. The highest BCUT2D eigenvalue weighted by Crippen LogP contribution is 2.24. The summed E-state index contributed by atoms with van der Waals surface area (Å²) in [5.74, 6) is 0.0643. The summed E-state index contributed by atoms with van der Waals surface area (Å²) in [6, 6.07) is 5.67. The zero-order valence-corrected chi connectivity index (χ0v) is 8.74. The highest BCUT2D eigenvalue weighted by molar-refractivity contribution is 6.01. The number of pyridine rings is 1. The monoisotopic (exact) mass is 200 g/mol. The number of nitrogens with zero attached hydrogens (tertiary/aromatic N) is 1. The molecule has 2 aromatic heterocycles. The van der Waals surface area contributed by atoms with Gasteiger partial charge in [-0.05, 0) is 26.0 Å². The van der Waals surface area contributed by atoms with Gasteiger partial charge >= 0.3 is 0 Å². The largest absolute Gasteiger partial charge is 0.364 e. The van der Waals surface area contributed by atoms with Crippen molar-refractivity contribution in [1.29, 1.82) is 0 Å². The number of hydrogen-bond acceptors (Lipinski definition) is 2. The van der Waals surface area contributed by atoms with E-state index >= 15 is 0 Å². The molecular weight excluding hydrogens is 188 g/mol. The van der Waals surface area contributed by atoms with Gasteiger partial charge in [-0.15, -0.1) is 0 Å². The molecule has 2 heterocycles. The van der Waals surface area contributed by atoms with E-state index in [0.29, 0.717) is 0 Å². The van der Waals surface area contributed by atoms with E-state index in [4.69, 9.17) is 0 Å². The van der Waals surface area contributed by atoms with E-state index in [9.17, 15) is 4.79 Å². The molecule has 0 saturated heterocycles. The van der Waals surface area contributed by atoms with Crippen LogP contribution in [0.3, 0.4) is 0 Å². The molecule has 3 heteroatoms. The van der Waals surface area contributed by atoms with E-state index in [1.54, 1.807) is 13.1 Å². The van der Waals surface area contributed by atoms with E-state index in [-0.39, 0.29) is 5.78 Å². The lowest BCUT2D eigenvalue weighted by Crippen LogP contribution is -1.96. The van der Waals surface area contributed by atoms with Gasteiger partial charge in [0.25, 0.3) is 0 Å². The molecule has 76 valence electrons. The second-order valence-electron chi connectivity index (χ2n) is 3.47. The number of aryl methyl sites for hydroxylation is 1. The van der Waals surface area contributed by atoms with Gasteiger partial charge in [-0.1, -0.05) is 6.07 Å². The molecule has 0 unspecified atom stereocenters. The minimum absolute atomic E-state index is 0.0643. The number of ketones is 1. The molecule has 0 aromatic carbocycles. The van der Waals surface area contributed by atoms with Crippen LogP contribution in [0.2, 0.25) is 0 Å². The molecule has 0 bridgehead atoms. The minimum Gasteiger partial charge on any atom is -0.364 e. The molecule has 0 amide bonds. The van der Waals surface area contributed by atoms with Gasteiger partial charge in [0.2, 0.25) is 0 Å². The van der Waals surface area contributed by atoms with Crippen LogP contribution in [0.1, 0.15) is 23.0 Å². The molecule has 0 aliphatic rings. The molecule has 2 rings (SSSR count). The van der Waals surface area contributed by atoms with Crippen LogP contribution in [0.4, 0.5) is 0 Å². The quantitative estimate of drug-likeness (QED) is 0.757. The number of carbonyl (C=O) groups excluding carboxylic acids is 1. The maximum absolute atomic E-state index is 11.5. The Hall–Kier alpha value is -1.90. The molecule has 15 heavy (non-hydrogen) atoms. The van der Waals surface area contributed by atoms with Crippen LogP contribution >= 0.6 is 0 Å². The standard InChI is InChI=1S/C12H12N2O/c1-8-12(9(2)15)10(7-14-8)11-5-3-4-6-13-11/h3-7,14H,1-2H3. The molecule has 0 aliphatic heterocycles. The minimum atomic E-state index is 0.0643. The van der Waals surface area contributed by atoms with Crippen molar-refractivity contribution >= 4 is 5.78 Å². The average molecular weight is 200 g/mol. The predicted molar refractivity (Wildman–Crippen MR) is 58.8 cm³/mol. The Bertz CT molecular complexity index is 486. The van der Waals surface area contributed by atoms with Crippen molar-refractivity contribution < 1.29 is 4.79 Å². The van der Waals surface area contributed by atoms with E-state index in [0.717, 1.165) is 22.5 Å². The first-order valence-electron chi connectivity index (χ1n) is 4.80. The Labute approximate surface area is 88.2 Å². The van der Waals surface area contributed by atoms with Crippen molar-refractivity contribution in [2.75, 3.05) is 0 Å². The maximum Gasteiger partial charge on any atom is 0.162 e. The second kappa shape index (κ2) is 3.69. The van der Waals surface area contributed by atoms with Crippen molar-refractivity contribution in [3.63, 3.8) is 0 Å². The number of Topliss-reactive ketones (excluding diaryl/α,β-unsaturated/α-hetero) is 1. The summed E-state index contributed by atoms with van der Waals surface area (Å²) >= 11 is 0. The highest BCUT2D eigenvalue weighted by atomic mass is 16.1. The van der Waals surface area contributed by atoms with Crippen molar-refractivity contribution in [3.8, 4) is 11.3 Å². The Balaban J connectivity index is 2.59. The van der Waals surface area contributed by atoms with Gasteiger partial charge in [0, 0.05) is 29.2 Å². The maximum atomic E-state index is 11.5. The summed E-state index contributed by atoms with van der Waals surface area (Å²) in [5, 5.41) is 0. The van der Waals surface area contributed by atoms with Crippen LogP contribution in [0.25, 0.3) is 11.3 Å². The first-order valence-corrected chi connectivity index (χ1v) is 4.80. The van der Waals surface area contributed by atoms with E-state index in [1.165, 1.54) is 0 Å². The Kier molecular flexibility index (Phi) is 2.37. The first kappa shape index (κ1) is 9.65. The van der Waals surface area contributed by atoms with E-state index in [1.807, 2.05) is 31.3 Å². The smallest absolute Gasteiger partial charge is 0.162 e. The second-order valence-corrected chi connectivity index (χ2v) is 3.47. The fourth-order valence-electron chi connectivity index (χ4n) is 1.70. The summed E-state index contributed by atoms with van der Waals surface area (Å²) < 4.78 is 0. The first-order chi connectivity index (χ1) is 7.20. The number of nitrogens with one attached hydrogen (secondary N) is 1. The fraction of sp³-hybridized carbons (Fsp3) is 0.167. The Morgan fingerprint density at radius 1 is 1.40 bits per heavy atom. The van der Waals surface area contributed by atoms with Crippen LogP contribution < -0.4 is 0 Å². The zero-order chi connectivity index (χ0) is 10.8. The van der Waals surface area contributed by atoms with Crippen molar-refractivity contribution in [2.45, 2.75) is 13.8 Å². The lowest BCUT2D eigenvalue weighted by atomic mass is 10.0. The Morgan fingerprint density at radius 2 is 2.20 bits per heavy atom. The number of hydrogen-bond donors (Lipinski definition) is 1. The van der Waals surface area contributed by atoms with Gasteiger partial charge in [0.05, 0.1) is 5.69 Å². The predicted octanol–water partition coefficient (Wildman–Crippen LogP) is 2.59. The van der Waals surface area contributed by atoms with E-state index in [2.05, 4.69) is 9.97 Å². The van der Waals surface area contributed by atoms with Gasteiger partial charge in [0.1, 0.15) is 0 Å². The normalized spacial score (nSPS) is 10.3. The number of aromatic amines is 1. The van der Waals surface area contributed by atoms with Crippen molar-refractivity contribution in [3.05, 3.63) is 41.9 Å². The van der Waals surface area contributed by atoms with Gasteiger partial charge in [0.15, 0.2) is 5.78 Å². The molecule has 3 nitrogen and oxygen atoms in total. The third-order valence-corrected chi connectivity index (χ3v) is 2.37. The van der Waals surface area contributed by atoms with Crippen LogP contribution in [0.5, 0.6) is 0 Å². The molecule has 0 spiro atoms. The molecule has 0 fully saturated rings. The lowest BCUT2D eigenvalue weighted by molar-refractivity contribution is 0.101. The third-order valence-electron chi connectivity index (χ3n) is 2.37. The molecule has 1 N–H and O–H groups in total. The number of carbonyl (C=O) groups is 1. The molecule has 0 aliphatic carbocycles. The molecule has 0 saturated carbocycles. The number of H-pyrrole nitrogens is 1. The molecule has 0 atom stereocenters. The van der Waals surface area contributed by atoms with Crippen LogP contribution in [0, 0.1) is 6.92 Å². The Morgan fingerprint density at radius 3 is 2.80 bits per heavy atom. The van der Waals surface area contributed by atoms with Gasteiger partial charge in [-0.2, -0.15) is 0 Å². The third kappa shape index (κ3) is 1.68. The van der Waals surface area contributed by atoms with E-state index < -0.39 is 0 Å².